The van der Waals surface area contributed by atoms with Gasteiger partial charge in [0, 0.05) is 5.02 Å². The molecular weight excluding hydrogens is 395 g/mol. The summed E-state index contributed by atoms with van der Waals surface area (Å²) in [6, 6.07) is 10.8. The van der Waals surface area contributed by atoms with Crippen LogP contribution in [0, 0.1) is 0 Å². The largest absolute Gasteiger partial charge is 0.454 e. The summed E-state index contributed by atoms with van der Waals surface area (Å²) in [7, 11) is 0. The minimum atomic E-state index is -0.829. The Morgan fingerprint density at radius 2 is 1.81 bits per heavy atom. The quantitative estimate of drug-likeness (QED) is 0.608. The van der Waals surface area contributed by atoms with Crippen molar-refractivity contribution in [3.63, 3.8) is 0 Å². The lowest BCUT2D eigenvalue weighted by Crippen LogP contribution is -2.36. The van der Waals surface area contributed by atoms with Gasteiger partial charge >= 0.3 is 5.97 Å². The molecule has 2 aromatic carbocycles. The van der Waals surface area contributed by atoms with Crippen LogP contribution in [0.15, 0.2) is 42.5 Å². The molecule has 138 valence electrons. The van der Waals surface area contributed by atoms with Crippen LogP contribution in [0.4, 0.5) is 11.4 Å². The summed E-state index contributed by atoms with van der Waals surface area (Å²) in [6.07, 6.45) is 0. The number of rotatable bonds is 5. The number of Topliss-reactive ketones (excluding diaryl/α,β-unsaturated/α-hetero) is 1. The van der Waals surface area contributed by atoms with Gasteiger partial charge < -0.3 is 10.1 Å². The van der Waals surface area contributed by atoms with E-state index in [4.69, 9.17) is 27.9 Å². The number of ketones is 1. The van der Waals surface area contributed by atoms with Crippen LogP contribution < -0.4 is 10.2 Å². The fourth-order valence-corrected chi connectivity index (χ4v) is 2.96. The van der Waals surface area contributed by atoms with E-state index in [2.05, 4.69) is 5.32 Å². The highest BCUT2D eigenvalue weighted by Gasteiger charge is 2.36. The lowest BCUT2D eigenvalue weighted by atomic mass is 10.1. The lowest BCUT2D eigenvalue weighted by molar-refractivity contribution is -0.146. The van der Waals surface area contributed by atoms with Crippen molar-refractivity contribution in [3.8, 4) is 0 Å². The molecular formula is C18H12Cl2N2O5. The summed E-state index contributed by atoms with van der Waals surface area (Å²) < 4.78 is 4.87. The number of hydrogen-bond donors (Lipinski definition) is 1. The Labute approximate surface area is 163 Å². The molecule has 3 rings (SSSR count). The maximum Gasteiger partial charge on any atom is 0.326 e. The van der Waals surface area contributed by atoms with Crippen molar-refractivity contribution in [1.29, 1.82) is 0 Å². The summed E-state index contributed by atoms with van der Waals surface area (Å²) in [4.78, 5) is 48.8. The van der Waals surface area contributed by atoms with E-state index in [1.54, 1.807) is 24.3 Å². The molecule has 2 aromatic rings. The second-order valence-corrected chi connectivity index (χ2v) is 6.41. The average Bonchev–Trinajstić information content (AvgIpc) is 2.88. The zero-order chi connectivity index (χ0) is 19.6. The van der Waals surface area contributed by atoms with Gasteiger partial charge in [-0.15, -0.1) is 0 Å². The highest BCUT2D eigenvalue weighted by molar-refractivity contribution is 6.52. The number of ether oxygens (including phenoxy) is 1. The molecule has 27 heavy (non-hydrogen) atoms. The molecule has 0 aliphatic carbocycles. The van der Waals surface area contributed by atoms with Gasteiger partial charge in [-0.1, -0.05) is 35.3 Å². The number of carbonyl (C=O) groups is 4. The van der Waals surface area contributed by atoms with Gasteiger partial charge in [-0.25, -0.2) is 0 Å². The molecule has 1 N–H and O–H groups in total. The molecule has 0 saturated carbocycles. The van der Waals surface area contributed by atoms with E-state index in [1.165, 1.54) is 18.2 Å². The van der Waals surface area contributed by atoms with Gasteiger partial charge in [-0.05, 0) is 30.3 Å². The number of nitrogens with one attached hydrogen (secondary N) is 1. The molecule has 0 fully saturated rings. The zero-order valence-electron chi connectivity index (χ0n) is 13.7. The number of amides is 2. The molecule has 9 heteroatoms. The number of benzene rings is 2. The molecule has 0 radical (unpaired) electrons. The number of carbonyl (C=O) groups excluding carboxylic acids is 4. The Balaban J connectivity index is 1.56. The molecule has 0 aromatic heterocycles. The normalized spacial score (nSPS) is 12.7. The minimum Gasteiger partial charge on any atom is -0.454 e. The van der Waals surface area contributed by atoms with Crippen molar-refractivity contribution in [2.75, 3.05) is 23.4 Å². The van der Waals surface area contributed by atoms with Crippen LogP contribution >= 0.6 is 23.2 Å². The molecule has 0 unspecified atom stereocenters. The van der Waals surface area contributed by atoms with Gasteiger partial charge in [0.15, 0.2) is 6.61 Å². The van der Waals surface area contributed by atoms with Crippen molar-refractivity contribution in [3.05, 3.63) is 58.1 Å². The first-order chi connectivity index (χ1) is 12.9. The second kappa shape index (κ2) is 7.77. The summed E-state index contributed by atoms with van der Waals surface area (Å²) >= 11 is 11.7. The Hall–Kier alpha value is -2.90. The number of nitrogens with zero attached hydrogens (tertiary/aromatic N) is 1. The third kappa shape index (κ3) is 4.10. The average molecular weight is 407 g/mol. The van der Waals surface area contributed by atoms with Crippen LogP contribution in [-0.4, -0.2) is 36.7 Å². The van der Waals surface area contributed by atoms with E-state index in [0.29, 0.717) is 16.4 Å². The van der Waals surface area contributed by atoms with Gasteiger partial charge in [-0.2, -0.15) is 0 Å². The predicted molar refractivity (Wildman–Crippen MR) is 99.2 cm³/mol. The van der Waals surface area contributed by atoms with Gasteiger partial charge in [-0.3, -0.25) is 24.1 Å². The van der Waals surface area contributed by atoms with E-state index in [-0.39, 0.29) is 10.6 Å². The number of esters is 1. The standard InChI is InChI=1S/C18H12Cl2N2O5/c19-10-5-6-13(12(20)7-10)21-15(23)9-27-16(24)8-22-14-4-2-1-3-11(14)17(25)18(22)26/h1-7H,8-9H2,(H,21,23). The summed E-state index contributed by atoms with van der Waals surface area (Å²) in [5.41, 5.74) is 0.878. The fourth-order valence-electron chi connectivity index (χ4n) is 2.50. The smallest absolute Gasteiger partial charge is 0.326 e. The first-order valence-electron chi connectivity index (χ1n) is 7.72. The maximum atomic E-state index is 12.0. The molecule has 1 aliphatic rings. The maximum absolute atomic E-state index is 12.0. The number of halogens is 2. The van der Waals surface area contributed by atoms with Crippen molar-refractivity contribution < 1.29 is 23.9 Å². The first-order valence-corrected chi connectivity index (χ1v) is 8.48. The topological polar surface area (TPSA) is 92.8 Å². The first kappa shape index (κ1) is 18.9. The van der Waals surface area contributed by atoms with Crippen LogP contribution in [0.5, 0.6) is 0 Å². The molecule has 0 atom stereocenters. The van der Waals surface area contributed by atoms with E-state index in [9.17, 15) is 19.2 Å². The molecule has 0 spiro atoms. The molecule has 0 bridgehead atoms. The van der Waals surface area contributed by atoms with Crippen LogP contribution in [-0.2, 0) is 19.1 Å². The van der Waals surface area contributed by atoms with Gasteiger partial charge in [0.25, 0.3) is 17.6 Å². The van der Waals surface area contributed by atoms with Gasteiger partial charge in [0.1, 0.15) is 6.54 Å². The summed E-state index contributed by atoms with van der Waals surface area (Å²) in [6.45, 7) is -1.05. The van der Waals surface area contributed by atoms with E-state index >= 15 is 0 Å². The number of para-hydroxylation sites is 1. The van der Waals surface area contributed by atoms with Crippen molar-refractivity contribution in [1.82, 2.24) is 0 Å². The molecule has 1 heterocycles. The summed E-state index contributed by atoms with van der Waals surface area (Å²) in [5.74, 6) is -2.94. The van der Waals surface area contributed by atoms with Gasteiger partial charge in [0.2, 0.25) is 0 Å². The highest BCUT2D eigenvalue weighted by Crippen LogP contribution is 2.28. The van der Waals surface area contributed by atoms with E-state index < -0.39 is 36.7 Å². The van der Waals surface area contributed by atoms with Crippen LogP contribution in [0.2, 0.25) is 10.0 Å². The molecule has 2 amide bonds. The van der Waals surface area contributed by atoms with Crippen molar-refractivity contribution in [2.24, 2.45) is 0 Å². The Kier molecular flexibility index (Phi) is 5.43. The summed E-state index contributed by atoms with van der Waals surface area (Å²) in [5, 5.41) is 3.12. The SMILES string of the molecule is O=C(COC(=O)CN1C(=O)C(=O)c2ccccc21)Nc1ccc(Cl)cc1Cl. The fraction of sp³-hybridized carbons (Fsp3) is 0.111. The van der Waals surface area contributed by atoms with Crippen LogP contribution in [0.1, 0.15) is 10.4 Å². The Bertz CT molecular complexity index is 961. The van der Waals surface area contributed by atoms with Gasteiger partial charge in [0.05, 0.1) is 22.0 Å². The third-order valence-corrected chi connectivity index (χ3v) is 4.28. The molecule has 0 saturated heterocycles. The second-order valence-electron chi connectivity index (χ2n) is 5.57. The predicted octanol–water partition coefficient (Wildman–Crippen LogP) is 2.70. The number of anilines is 2. The van der Waals surface area contributed by atoms with Crippen LogP contribution in [0.3, 0.4) is 0 Å². The van der Waals surface area contributed by atoms with Crippen LogP contribution in [0.25, 0.3) is 0 Å². The molecule has 1 aliphatic heterocycles. The number of fused-ring (bicyclic) bond motifs is 1. The minimum absolute atomic E-state index is 0.227. The highest BCUT2D eigenvalue weighted by atomic mass is 35.5. The Morgan fingerprint density at radius 1 is 1.07 bits per heavy atom. The monoisotopic (exact) mass is 406 g/mol. The van der Waals surface area contributed by atoms with E-state index in [0.717, 1.165) is 4.90 Å². The Morgan fingerprint density at radius 3 is 2.56 bits per heavy atom. The lowest BCUT2D eigenvalue weighted by Gasteiger charge is -2.15. The van der Waals surface area contributed by atoms with Crippen molar-refractivity contribution in [2.45, 2.75) is 0 Å². The zero-order valence-corrected chi connectivity index (χ0v) is 15.2. The third-order valence-electron chi connectivity index (χ3n) is 3.74. The number of hydrogen-bond acceptors (Lipinski definition) is 5. The molecule has 7 nitrogen and oxygen atoms in total. The van der Waals surface area contributed by atoms with E-state index in [1.807, 2.05) is 0 Å². The van der Waals surface area contributed by atoms with Crippen molar-refractivity contribution >= 4 is 58.1 Å².